The minimum absolute atomic E-state index is 0.130. The summed E-state index contributed by atoms with van der Waals surface area (Å²) in [5, 5.41) is 13.1. The highest BCUT2D eigenvalue weighted by atomic mass is 16.4. The Morgan fingerprint density at radius 2 is 2.06 bits per heavy atom. The maximum atomic E-state index is 10.6. The number of aryl methyl sites for hydroxylation is 2. The van der Waals surface area contributed by atoms with Gasteiger partial charge in [-0.25, -0.2) is 0 Å². The molecule has 0 amide bonds. The van der Waals surface area contributed by atoms with Crippen molar-refractivity contribution in [1.29, 1.82) is 0 Å². The molecular formula is C13H14N2O2. The zero-order valence-electron chi connectivity index (χ0n) is 9.63. The average molecular weight is 230 g/mol. The van der Waals surface area contributed by atoms with E-state index in [4.69, 9.17) is 5.11 Å². The number of rotatable bonds is 4. The zero-order chi connectivity index (χ0) is 12.3. The van der Waals surface area contributed by atoms with Gasteiger partial charge in [0, 0.05) is 25.2 Å². The van der Waals surface area contributed by atoms with Gasteiger partial charge < -0.3 is 5.11 Å². The summed E-state index contributed by atoms with van der Waals surface area (Å²) in [4.78, 5) is 10.6. The Balaban J connectivity index is 2.31. The first-order valence-corrected chi connectivity index (χ1v) is 5.46. The second-order valence-electron chi connectivity index (χ2n) is 3.94. The number of benzene rings is 1. The number of carboxylic acids is 1. The van der Waals surface area contributed by atoms with Gasteiger partial charge in [0.05, 0.1) is 5.69 Å². The monoisotopic (exact) mass is 230 g/mol. The van der Waals surface area contributed by atoms with Crippen LogP contribution in [0.2, 0.25) is 0 Å². The summed E-state index contributed by atoms with van der Waals surface area (Å²) in [5.41, 5.74) is 2.86. The molecule has 4 nitrogen and oxygen atoms in total. The highest BCUT2D eigenvalue weighted by Crippen LogP contribution is 2.22. The first kappa shape index (κ1) is 11.4. The number of carboxylic acid groups (broad SMARTS) is 1. The first-order valence-electron chi connectivity index (χ1n) is 5.46. The van der Waals surface area contributed by atoms with E-state index in [1.54, 1.807) is 4.68 Å². The lowest BCUT2D eigenvalue weighted by molar-refractivity contribution is -0.136. The van der Waals surface area contributed by atoms with Gasteiger partial charge in [-0.15, -0.1) is 0 Å². The van der Waals surface area contributed by atoms with E-state index in [1.165, 1.54) is 0 Å². The molecule has 0 aliphatic rings. The van der Waals surface area contributed by atoms with Crippen LogP contribution in [0.5, 0.6) is 0 Å². The van der Waals surface area contributed by atoms with Gasteiger partial charge in [-0.05, 0) is 12.0 Å². The molecule has 17 heavy (non-hydrogen) atoms. The van der Waals surface area contributed by atoms with Gasteiger partial charge in [0.2, 0.25) is 0 Å². The second-order valence-corrected chi connectivity index (χ2v) is 3.94. The number of carbonyl (C=O) groups is 1. The third-order valence-electron chi connectivity index (χ3n) is 2.56. The van der Waals surface area contributed by atoms with Crippen molar-refractivity contribution in [2.75, 3.05) is 0 Å². The van der Waals surface area contributed by atoms with Crippen LogP contribution in [-0.4, -0.2) is 20.9 Å². The highest BCUT2D eigenvalue weighted by Gasteiger charge is 2.10. The summed E-state index contributed by atoms with van der Waals surface area (Å²) >= 11 is 0. The van der Waals surface area contributed by atoms with Crippen LogP contribution in [0.25, 0.3) is 11.3 Å². The number of hydrogen-bond acceptors (Lipinski definition) is 2. The topological polar surface area (TPSA) is 55.1 Å². The Labute approximate surface area is 99.5 Å². The van der Waals surface area contributed by atoms with Crippen LogP contribution in [0.4, 0.5) is 0 Å². The Morgan fingerprint density at radius 1 is 1.35 bits per heavy atom. The van der Waals surface area contributed by atoms with Gasteiger partial charge in [-0.2, -0.15) is 5.10 Å². The molecule has 1 heterocycles. The molecule has 1 aromatic carbocycles. The Hall–Kier alpha value is -2.10. The summed E-state index contributed by atoms with van der Waals surface area (Å²) in [6, 6.07) is 9.80. The molecule has 0 bridgehead atoms. The molecule has 4 heteroatoms. The quantitative estimate of drug-likeness (QED) is 0.875. The van der Waals surface area contributed by atoms with E-state index in [9.17, 15) is 4.79 Å². The fourth-order valence-corrected chi connectivity index (χ4v) is 1.80. The fraction of sp³-hybridized carbons (Fsp3) is 0.231. The molecule has 0 unspecified atom stereocenters. The summed E-state index contributed by atoms with van der Waals surface area (Å²) in [6.07, 6.45) is 2.52. The lowest BCUT2D eigenvalue weighted by Gasteiger charge is -2.00. The van der Waals surface area contributed by atoms with Crippen LogP contribution in [0, 0.1) is 0 Å². The molecule has 0 saturated carbocycles. The van der Waals surface area contributed by atoms with Crippen molar-refractivity contribution in [3.05, 3.63) is 42.1 Å². The molecule has 2 rings (SSSR count). The average Bonchev–Trinajstić information content (AvgIpc) is 2.69. The largest absolute Gasteiger partial charge is 0.481 e. The molecule has 0 aliphatic heterocycles. The lowest BCUT2D eigenvalue weighted by Crippen LogP contribution is -1.97. The van der Waals surface area contributed by atoms with E-state index in [2.05, 4.69) is 5.10 Å². The van der Waals surface area contributed by atoms with Gasteiger partial charge in [-0.1, -0.05) is 30.3 Å². The lowest BCUT2D eigenvalue weighted by atomic mass is 10.1. The number of hydrogen-bond donors (Lipinski definition) is 1. The van der Waals surface area contributed by atoms with Crippen LogP contribution >= 0.6 is 0 Å². The Bertz CT molecular complexity index is 517. The van der Waals surface area contributed by atoms with Crippen LogP contribution in [0.15, 0.2) is 36.5 Å². The van der Waals surface area contributed by atoms with Crippen molar-refractivity contribution in [1.82, 2.24) is 9.78 Å². The molecular weight excluding hydrogens is 216 g/mol. The third kappa shape index (κ3) is 2.72. The number of aliphatic carboxylic acids is 1. The van der Waals surface area contributed by atoms with Crippen molar-refractivity contribution in [2.24, 2.45) is 7.05 Å². The molecule has 1 aromatic heterocycles. The van der Waals surface area contributed by atoms with E-state index >= 15 is 0 Å². The van der Waals surface area contributed by atoms with E-state index in [0.29, 0.717) is 6.42 Å². The van der Waals surface area contributed by atoms with Crippen LogP contribution in [0.1, 0.15) is 12.0 Å². The van der Waals surface area contributed by atoms with Crippen LogP contribution in [-0.2, 0) is 18.3 Å². The Kier molecular flexibility index (Phi) is 3.23. The maximum absolute atomic E-state index is 10.6. The van der Waals surface area contributed by atoms with Crippen molar-refractivity contribution < 1.29 is 9.90 Å². The van der Waals surface area contributed by atoms with Crippen molar-refractivity contribution in [3.8, 4) is 11.3 Å². The van der Waals surface area contributed by atoms with E-state index in [0.717, 1.165) is 16.8 Å². The summed E-state index contributed by atoms with van der Waals surface area (Å²) in [7, 11) is 1.84. The molecule has 1 N–H and O–H groups in total. The first-order chi connectivity index (χ1) is 8.16. The SMILES string of the molecule is Cn1cc(CCC(=O)O)c(-c2ccccc2)n1. The summed E-state index contributed by atoms with van der Waals surface area (Å²) < 4.78 is 1.72. The van der Waals surface area contributed by atoms with Crippen molar-refractivity contribution in [2.45, 2.75) is 12.8 Å². The molecule has 0 spiro atoms. The van der Waals surface area contributed by atoms with E-state index in [1.807, 2.05) is 43.6 Å². The zero-order valence-corrected chi connectivity index (χ0v) is 9.63. The van der Waals surface area contributed by atoms with Gasteiger partial charge in [0.1, 0.15) is 0 Å². The van der Waals surface area contributed by atoms with E-state index < -0.39 is 5.97 Å². The number of aromatic nitrogens is 2. The van der Waals surface area contributed by atoms with Crippen molar-refractivity contribution >= 4 is 5.97 Å². The molecule has 0 radical (unpaired) electrons. The van der Waals surface area contributed by atoms with Gasteiger partial charge in [-0.3, -0.25) is 9.48 Å². The molecule has 0 fully saturated rings. The van der Waals surface area contributed by atoms with Crippen molar-refractivity contribution in [3.63, 3.8) is 0 Å². The molecule has 0 aliphatic carbocycles. The predicted octanol–water partition coefficient (Wildman–Crippen LogP) is 2.10. The molecule has 88 valence electrons. The maximum Gasteiger partial charge on any atom is 0.303 e. The second kappa shape index (κ2) is 4.82. The standard InChI is InChI=1S/C13H14N2O2/c1-15-9-11(7-8-12(16)17)13(14-15)10-5-3-2-4-6-10/h2-6,9H,7-8H2,1H3,(H,16,17). The fourth-order valence-electron chi connectivity index (χ4n) is 1.80. The molecule has 2 aromatic rings. The Morgan fingerprint density at radius 3 is 2.71 bits per heavy atom. The minimum atomic E-state index is -0.784. The summed E-state index contributed by atoms with van der Waals surface area (Å²) in [5.74, 6) is -0.784. The summed E-state index contributed by atoms with van der Waals surface area (Å²) in [6.45, 7) is 0. The van der Waals surface area contributed by atoms with Gasteiger partial charge in [0.25, 0.3) is 0 Å². The van der Waals surface area contributed by atoms with Crippen LogP contribution < -0.4 is 0 Å². The highest BCUT2D eigenvalue weighted by molar-refractivity contribution is 5.68. The van der Waals surface area contributed by atoms with Crippen LogP contribution in [0.3, 0.4) is 0 Å². The molecule has 0 saturated heterocycles. The molecule has 0 atom stereocenters. The minimum Gasteiger partial charge on any atom is -0.481 e. The van der Waals surface area contributed by atoms with E-state index in [-0.39, 0.29) is 6.42 Å². The normalized spacial score (nSPS) is 10.4. The smallest absolute Gasteiger partial charge is 0.303 e. The van der Waals surface area contributed by atoms with Gasteiger partial charge >= 0.3 is 5.97 Å². The van der Waals surface area contributed by atoms with Gasteiger partial charge in [0.15, 0.2) is 0 Å². The third-order valence-corrected chi connectivity index (χ3v) is 2.56. The predicted molar refractivity (Wildman–Crippen MR) is 64.6 cm³/mol. The number of nitrogens with zero attached hydrogens (tertiary/aromatic N) is 2.